The number of ketones is 2. The molecular weight excluding hydrogens is 492 g/mol. The van der Waals surface area contributed by atoms with Crippen molar-refractivity contribution in [2.24, 2.45) is 11.8 Å². The van der Waals surface area contributed by atoms with E-state index in [1.54, 1.807) is 6.08 Å². The average molecular weight is 531 g/mol. The number of phenolic OH excluding ortho intramolecular Hbond substituents is 1. The standard InChI is InChI=1S/C33H38O6/c1-17(2)9-10-21-27-20(12-13-30(5,6)37-27)25(34)24-26(35)22-15-19-16-23-31(7,8)39-32(29(19)36,14-11-18(3)4)33(22,23)38-28(21)24/h9,11-13,15,19,23,34H,10,14,16H2,1-8H3/t19-,23?,32+,33-/m1/s1. The van der Waals surface area contributed by atoms with Crippen LogP contribution in [0.1, 0.15) is 89.7 Å². The van der Waals surface area contributed by atoms with Gasteiger partial charge in [-0.3, -0.25) is 9.59 Å². The van der Waals surface area contributed by atoms with Gasteiger partial charge in [0.25, 0.3) is 0 Å². The van der Waals surface area contributed by atoms with Crippen molar-refractivity contribution >= 4 is 17.6 Å². The lowest BCUT2D eigenvalue weighted by Gasteiger charge is -2.56. The molecule has 1 saturated heterocycles. The molecule has 4 atom stereocenters. The topological polar surface area (TPSA) is 82.1 Å². The highest BCUT2D eigenvalue weighted by Gasteiger charge is 2.81. The Morgan fingerprint density at radius 1 is 1.03 bits per heavy atom. The van der Waals surface area contributed by atoms with Crippen LogP contribution in [0.15, 0.2) is 41.0 Å². The van der Waals surface area contributed by atoms with Crippen LogP contribution in [0.5, 0.6) is 17.2 Å². The second kappa shape index (κ2) is 7.97. The first-order valence-corrected chi connectivity index (χ1v) is 13.9. The number of benzene rings is 1. The Morgan fingerprint density at radius 2 is 1.72 bits per heavy atom. The van der Waals surface area contributed by atoms with Gasteiger partial charge in [0.2, 0.25) is 0 Å². The van der Waals surface area contributed by atoms with Crippen molar-refractivity contribution in [2.75, 3.05) is 0 Å². The molecule has 3 aliphatic carbocycles. The van der Waals surface area contributed by atoms with Crippen molar-refractivity contribution < 1.29 is 28.9 Å². The quantitative estimate of drug-likeness (QED) is 0.451. The number of hydrogen-bond donors (Lipinski definition) is 1. The van der Waals surface area contributed by atoms with Crippen LogP contribution >= 0.6 is 0 Å². The van der Waals surface area contributed by atoms with Crippen molar-refractivity contribution in [3.05, 3.63) is 57.7 Å². The predicted molar refractivity (Wildman–Crippen MR) is 149 cm³/mol. The van der Waals surface area contributed by atoms with Gasteiger partial charge in [-0.25, -0.2) is 0 Å². The summed E-state index contributed by atoms with van der Waals surface area (Å²) in [6, 6.07) is 0. The summed E-state index contributed by atoms with van der Waals surface area (Å²) in [6.45, 7) is 15.9. The highest BCUT2D eigenvalue weighted by atomic mass is 16.6. The largest absolute Gasteiger partial charge is 0.506 e. The van der Waals surface area contributed by atoms with Gasteiger partial charge in [-0.15, -0.1) is 0 Å². The van der Waals surface area contributed by atoms with E-state index in [2.05, 4.69) is 6.08 Å². The van der Waals surface area contributed by atoms with Crippen LogP contribution in [0.2, 0.25) is 0 Å². The molecule has 1 saturated carbocycles. The fourth-order valence-corrected chi connectivity index (χ4v) is 7.41. The number of fused-ring (bicyclic) bond motifs is 2. The molecule has 0 radical (unpaired) electrons. The molecule has 2 fully saturated rings. The first-order valence-electron chi connectivity index (χ1n) is 13.9. The Labute approximate surface area is 230 Å². The predicted octanol–water partition coefficient (Wildman–Crippen LogP) is 6.45. The Morgan fingerprint density at radius 3 is 2.38 bits per heavy atom. The molecule has 1 aromatic rings. The van der Waals surface area contributed by atoms with Gasteiger partial charge in [-0.1, -0.05) is 29.4 Å². The first-order chi connectivity index (χ1) is 18.1. The number of aromatic hydroxyl groups is 1. The normalized spacial score (nSPS) is 31.8. The molecular formula is C33H38O6. The fraction of sp³-hybridized carbons (Fsp3) is 0.515. The van der Waals surface area contributed by atoms with E-state index in [-0.39, 0.29) is 28.8 Å². The highest BCUT2D eigenvalue weighted by molar-refractivity contribution is 6.19. The molecule has 7 rings (SSSR count). The summed E-state index contributed by atoms with van der Waals surface area (Å²) >= 11 is 0. The summed E-state index contributed by atoms with van der Waals surface area (Å²) in [5, 5.41) is 11.5. The Hall–Kier alpha value is -3.12. The van der Waals surface area contributed by atoms with Gasteiger partial charge < -0.3 is 19.3 Å². The maximum atomic E-state index is 14.5. The van der Waals surface area contributed by atoms with E-state index in [1.807, 2.05) is 73.6 Å². The van der Waals surface area contributed by atoms with E-state index in [4.69, 9.17) is 14.2 Å². The zero-order chi connectivity index (χ0) is 28.3. The van der Waals surface area contributed by atoms with E-state index in [0.717, 1.165) is 11.1 Å². The second-order valence-corrected chi connectivity index (χ2v) is 13.3. The van der Waals surface area contributed by atoms with Crippen LogP contribution in [0.3, 0.4) is 0 Å². The van der Waals surface area contributed by atoms with Gasteiger partial charge in [0.05, 0.1) is 11.2 Å². The molecule has 3 aliphatic heterocycles. The van der Waals surface area contributed by atoms with Crippen molar-refractivity contribution in [1.29, 1.82) is 0 Å². The molecule has 0 amide bonds. The summed E-state index contributed by atoms with van der Waals surface area (Å²) in [6.07, 6.45) is 10.9. The molecule has 6 nitrogen and oxygen atoms in total. The fourth-order valence-electron chi connectivity index (χ4n) is 7.41. The third-order valence-corrected chi connectivity index (χ3v) is 9.13. The van der Waals surface area contributed by atoms with Crippen LogP contribution in [-0.2, 0) is 16.0 Å². The molecule has 39 heavy (non-hydrogen) atoms. The van der Waals surface area contributed by atoms with Crippen LogP contribution in [0.25, 0.3) is 6.08 Å². The number of phenols is 1. The molecule has 1 N–H and O–H groups in total. The average Bonchev–Trinajstić information content (AvgIpc) is 2.99. The van der Waals surface area contributed by atoms with Gasteiger partial charge in [0.15, 0.2) is 22.8 Å². The monoisotopic (exact) mass is 530 g/mol. The third-order valence-electron chi connectivity index (χ3n) is 9.13. The van der Waals surface area contributed by atoms with Gasteiger partial charge >= 0.3 is 0 Å². The number of carbonyl (C=O) groups is 2. The van der Waals surface area contributed by atoms with Gasteiger partial charge in [0.1, 0.15) is 28.4 Å². The van der Waals surface area contributed by atoms with Gasteiger partial charge in [0, 0.05) is 29.4 Å². The number of ether oxygens (including phenoxy) is 3. The summed E-state index contributed by atoms with van der Waals surface area (Å²) in [5.41, 5.74) is -0.00322. The SMILES string of the molecule is CC(C)=CCc1c2c(c(O)c3c1O[C@]14C(=C[C@@H]5CC1C(C)(C)O[C@@]4(CC=C(C)C)C5=O)C3=O)C=CC(C)(C)O2. The lowest BCUT2D eigenvalue weighted by atomic mass is 9.51. The van der Waals surface area contributed by atoms with E-state index in [0.29, 0.717) is 47.5 Å². The first kappa shape index (κ1) is 26.1. The Kier molecular flexibility index (Phi) is 5.34. The van der Waals surface area contributed by atoms with E-state index in [1.165, 1.54) is 0 Å². The minimum Gasteiger partial charge on any atom is -0.506 e. The number of hydrogen-bond acceptors (Lipinski definition) is 6. The van der Waals surface area contributed by atoms with Crippen molar-refractivity contribution in [3.63, 3.8) is 0 Å². The maximum absolute atomic E-state index is 14.5. The number of carbonyl (C=O) groups excluding carboxylic acids is 2. The molecule has 1 spiro atoms. The third kappa shape index (κ3) is 3.30. The minimum absolute atomic E-state index is 0.0322. The maximum Gasteiger partial charge on any atom is 0.200 e. The molecule has 1 unspecified atom stereocenters. The zero-order valence-corrected chi connectivity index (χ0v) is 24.2. The van der Waals surface area contributed by atoms with Gasteiger partial charge in [-0.05, 0) is 80.4 Å². The second-order valence-electron chi connectivity index (χ2n) is 13.3. The molecule has 3 heterocycles. The molecule has 4 bridgehead atoms. The molecule has 206 valence electrons. The van der Waals surface area contributed by atoms with Crippen LogP contribution < -0.4 is 9.47 Å². The van der Waals surface area contributed by atoms with Crippen molar-refractivity contribution in [2.45, 2.75) is 97.1 Å². The summed E-state index contributed by atoms with van der Waals surface area (Å²) < 4.78 is 20.3. The number of rotatable bonds is 4. The summed E-state index contributed by atoms with van der Waals surface area (Å²) in [7, 11) is 0. The van der Waals surface area contributed by atoms with Crippen LogP contribution in [0, 0.1) is 11.8 Å². The molecule has 1 aromatic carbocycles. The number of allylic oxidation sites excluding steroid dienone is 4. The van der Waals surface area contributed by atoms with E-state index in [9.17, 15) is 14.7 Å². The lowest BCUT2D eigenvalue weighted by Crippen LogP contribution is -2.72. The smallest absolute Gasteiger partial charge is 0.200 e. The zero-order valence-electron chi connectivity index (χ0n) is 24.2. The van der Waals surface area contributed by atoms with E-state index < -0.39 is 28.3 Å². The van der Waals surface area contributed by atoms with Gasteiger partial charge in [-0.2, -0.15) is 0 Å². The summed E-state index contributed by atoms with van der Waals surface area (Å²) in [5.74, 6) is -0.308. The van der Waals surface area contributed by atoms with Crippen LogP contribution in [-0.4, -0.2) is 39.1 Å². The molecule has 0 aromatic heterocycles. The lowest BCUT2D eigenvalue weighted by molar-refractivity contribution is -0.171. The Balaban J connectivity index is 1.67. The highest BCUT2D eigenvalue weighted by Crippen LogP contribution is 2.68. The molecule has 6 heteroatoms. The Bertz CT molecular complexity index is 1460. The van der Waals surface area contributed by atoms with E-state index >= 15 is 0 Å². The number of Topliss-reactive ketones (excluding diaryl/α,β-unsaturated/α-hetero) is 2. The van der Waals surface area contributed by atoms with Crippen molar-refractivity contribution in [3.8, 4) is 17.2 Å². The van der Waals surface area contributed by atoms with Crippen LogP contribution in [0.4, 0.5) is 0 Å². The summed E-state index contributed by atoms with van der Waals surface area (Å²) in [4.78, 5) is 28.6. The molecule has 6 aliphatic rings. The van der Waals surface area contributed by atoms with Crippen molar-refractivity contribution in [1.82, 2.24) is 0 Å². The minimum atomic E-state index is -1.34.